The van der Waals surface area contributed by atoms with E-state index in [-0.39, 0.29) is 23.8 Å². The third kappa shape index (κ3) is 4.49. The first-order valence-corrected chi connectivity index (χ1v) is 11.8. The van der Waals surface area contributed by atoms with Gasteiger partial charge in [0.1, 0.15) is 5.75 Å². The minimum Gasteiger partial charge on any atom is -0.497 e. The van der Waals surface area contributed by atoms with Gasteiger partial charge in [-0.2, -0.15) is 0 Å². The molecule has 4 rings (SSSR count). The summed E-state index contributed by atoms with van der Waals surface area (Å²) < 4.78 is 39.1. The minimum absolute atomic E-state index is 0.0465. The van der Waals surface area contributed by atoms with Gasteiger partial charge in [0, 0.05) is 36.7 Å². The SMILES string of the molecule is COc1ccc2c(c1)C(CCC(=O)O)CN2S(=O)(=O)c1cccc(-c2ccc(OC)nc2)c1. The second-order valence-electron chi connectivity index (χ2n) is 7.71. The maximum Gasteiger partial charge on any atom is 0.303 e. The van der Waals surface area contributed by atoms with Crippen molar-refractivity contribution in [1.29, 1.82) is 0 Å². The van der Waals surface area contributed by atoms with Gasteiger partial charge in [-0.3, -0.25) is 9.10 Å². The van der Waals surface area contributed by atoms with Crippen LogP contribution >= 0.6 is 0 Å². The number of benzene rings is 2. The van der Waals surface area contributed by atoms with Gasteiger partial charge < -0.3 is 14.6 Å². The Morgan fingerprint density at radius 1 is 1.09 bits per heavy atom. The fourth-order valence-corrected chi connectivity index (χ4v) is 5.60. The molecule has 0 saturated heterocycles. The zero-order valence-corrected chi connectivity index (χ0v) is 19.1. The van der Waals surface area contributed by atoms with Gasteiger partial charge in [0.15, 0.2) is 0 Å². The van der Waals surface area contributed by atoms with Crippen LogP contribution < -0.4 is 13.8 Å². The standard InChI is InChI=1S/C24H24N2O6S/c1-31-19-8-9-22-21(13-19)18(7-11-24(27)28)15-26(22)33(29,30)20-5-3-4-16(12-20)17-6-10-23(32-2)25-14-17/h3-6,8-10,12-14,18H,7,11,15H2,1-2H3,(H,27,28). The summed E-state index contributed by atoms with van der Waals surface area (Å²) in [5, 5.41) is 9.13. The molecule has 2 aromatic carbocycles. The predicted molar refractivity (Wildman–Crippen MR) is 123 cm³/mol. The summed E-state index contributed by atoms with van der Waals surface area (Å²) in [6.45, 7) is 0.173. The zero-order chi connectivity index (χ0) is 23.6. The molecule has 1 aliphatic rings. The number of carboxylic acids is 1. The molecule has 0 saturated carbocycles. The van der Waals surface area contributed by atoms with Crippen molar-refractivity contribution in [1.82, 2.24) is 4.98 Å². The van der Waals surface area contributed by atoms with Crippen molar-refractivity contribution < 1.29 is 27.8 Å². The van der Waals surface area contributed by atoms with E-state index in [1.54, 1.807) is 48.7 Å². The molecule has 1 aliphatic heterocycles. The number of nitrogens with zero attached hydrogens (tertiary/aromatic N) is 2. The first-order chi connectivity index (χ1) is 15.8. The van der Waals surface area contributed by atoms with Gasteiger partial charge >= 0.3 is 5.97 Å². The number of rotatable bonds is 8. The predicted octanol–water partition coefficient (Wildman–Crippen LogP) is 3.92. The Hall–Kier alpha value is -3.59. The number of hydrogen-bond donors (Lipinski definition) is 1. The van der Waals surface area contributed by atoms with Gasteiger partial charge in [0.05, 0.1) is 24.8 Å². The molecule has 2 heterocycles. The lowest BCUT2D eigenvalue weighted by Gasteiger charge is -2.20. The highest BCUT2D eigenvalue weighted by atomic mass is 32.2. The van der Waals surface area contributed by atoms with E-state index in [0.717, 1.165) is 11.1 Å². The summed E-state index contributed by atoms with van der Waals surface area (Å²) in [4.78, 5) is 15.5. The third-order valence-corrected chi connectivity index (χ3v) is 7.51. The smallest absolute Gasteiger partial charge is 0.303 e. The Bertz CT molecular complexity index is 1270. The van der Waals surface area contributed by atoms with Gasteiger partial charge in [-0.05, 0) is 53.9 Å². The van der Waals surface area contributed by atoms with Crippen LogP contribution in [0.25, 0.3) is 11.1 Å². The Morgan fingerprint density at radius 2 is 1.91 bits per heavy atom. The summed E-state index contributed by atoms with van der Waals surface area (Å²) in [6, 6.07) is 15.4. The van der Waals surface area contributed by atoms with Gasteiger partial charge in [-0.25, -0.2) is 13.4 Å². The van der Waals surface area contributed by atoms with E-state index in [0.29, 0.717) is 29.3 Å². The lowest BCUT2D eigenvalue weighted by atomic mass is 9.96. The van der Waals surface area contributed by atoms with Crippen LogP contribution in [0.3, 0.4) is 0 Å². The second-order valence-corrected chi connectivity index (χ2v) is 9.57. The quantitative estimate of drug-likeness (QED) is 0.534. The van der Waals surface area contributed by atoms with Crippen LogP contribution in [-0.4, -0.2) is 45.2 Å². The number of sulfonamides is 1. The molecule has 1 aromatic heterocycles. The largest absolute Gasteiger partial charge is 0.497 e. The van der Waals surface area contributed by atoms with Gasteiger partial charge in [0.2, 0.25) is 5.88 Å². The molecule has 8 nitrogen and oxygen atoms in total. The van der Waals surface area contributed by atoms with E-state index in [4.69, 9.17) is 14.6 Å². The van der Waals surface area contributed by atoms with Crippen LogP contribution in [0.15, 0.2) is 65.7 Å². The number of methoxy groups -OCH3 is 2. The summed E-state index contributed by atoms with van der Waals surface area (Å²) in [5.41, 5.74) is 2.79. The van der Waals surface area contributed by atoms with E-state index >= 15 is 0 Å². The topological polar surface area (TPSA) is 106 Å². The molecular formula is C24H24N2O6S. The summed E-state index contributed by atoms with van der Waals surface area (Å²) in [6.07, 6.45) is 1.91. The molecule has 1 unspecified atom stereocenters. The highest BCUT2D eigenvalue weighted by molar-refractivity contribution is 7.92. The van der Waals surface area contributed by atoms with Gasteiger partial charge in [-0.15, -0.1) is 0 Å². The fourth-order valence-electron chi connectivity index (χ4n) is 4.02. The molecule has 0 spiro atoms. The maximum atomic E-state index is 13.7. The van der Waals surface area contributed by atoms with Crippen molar-refractivity contribution in [3.63, 3.8) is 0 Å². The average Bonchev–Trinajstić information content (AvgIpc) is 3.21. The number of anilines is 1. The average molecular weight is 469 g/mol. The summed E-state index contributed by atoms with van der Waals surface area (Å²) >= 11 is 0. The highest BCUT2D eigenvalue weighted by Gasteiger charge is 2.37. The van der Waals surface area contributed by atoms with E-state index in [1.165, 1.54) is 18.5 Å². The Labute approximate surface area is 192 Å². The van der Waals surface area contributed by atoms with Crippen LogP contribution in [0.1, 0.15) is 24.3 Å². The first-order valence-electron chi connectivity index (χ1n) is 10.4. The molecule has 0 aliphatic carbocycles. The zero-order valence-electron chi connectivity index (χ0n) is 18.3. The van der Waals surface area contributed by atoms with E-state index in [9.17, 15) is 13.2 Å². The number of carbonyl (C=O) groups is 1. The van der Waals surface area contributed by atoms with Crippen molar-refractivity contribution >= 4 is 21.7 Å². The van der Waals surface area contributed by atoms with E-state index < -0.39 is 16.0 Å². The van der Waals surface area contributed by atoms with Gasteiger partial charge in [-0.1, -0.05) is 12.1 Å². The molecule has 0 bridgehead atoms. The molecule has 3 aromatic rings. The number of hydrogen-bond acceptors (Lipinski definition) is 6. The Balaban J connectivity index is 1.70. The van der Waals surface area contributed by atoms with Crippen LogP contribution in [0.4, 0.5) is 5.69 Å². The fraction of sp³-hybridized carbons (Fsp3) is 0.250. The van der Waals surface area contributed by atoms with Crippen LogP contribution in [-0.2, 0) is 14.8 Å². The van der Waals surface area contributed by atoms with Crippen molar-refractivity contribution in [3.8, 4) is 22.8 Å². The lowest BCUT2D eigenvalue weighted by Crippen LogP contribution is -2.30. The Morgan fingerprint density at radius 3 is 2.58 bits per heavy atom. The maximum absolute atomic E-state index is 13.7. The number of pyridine rings is 1. The highest BCUT2D eigenvalue weighted by Crippen LogP contribution is 2.43. The van der Waals surface area contributed by atoms with Crippen molar-refractivity contribution in [2.75, 3.05) is 25.1 Å². The van der Waals surface area contributed by atoms with Crippen LogP contribution in [0, 0.1) is 0 Å². The molecule has 0 amide bonds. The van der Waals surface area contributed by atoms with Gasteiger partial charge in [0.25, 0.3) is 10.0 Å². The molecule has 0 fully saturated rings. The minimum atomic E-state index is -3.89. The molecule has 33 heavy (non-hydrogen) atoms. The van der Waals surface area contributed by atoms with Crippen molar-refractivity contribution in [2.24, 2.45) is 0 Å². The first kappa shape index (κ1) is 22.6. The molecule has 1 N–H and O–H groups in total. The van der Waals surface area contributed by atoms with Crippen LogP contribution in [0.5, 0.6) is 11.6 Å². The van der Waals surface area contributed by atoms with Crippen molar-refractivity contribution in [3.05, 3.63) is 66.4 Å². The molecule has 172 valence electrons. The third-order valence-electron chi connectivity index (χ3n) is 5.74. The van der Waals surface area contributed by atoms with Crippen LogP contribution in [0.2, 0.25) is 0 Å². The molecule has 1 atom stereocenters. The lowest BCUT2D eigenvalue weighted by molar-refractivity contribution is -0.137. The normalized spacial score (nSPS) is 15.2. The number of aromatic nitrogens is 1. The number of carboxylic acid groups (broad SMARTS) is 1. The van der Waals surface area contributed by atoms with E-state index in [1.807, 2.05) is 12.1 Å². The summed E-state index contributed by atoms with van der Waals surface area (Å²) in [5.74, 6) is -0.0853. The second kappa shape index (κ2) is 9.11. The van der Waals surface area contributed by atoms with Crippen molar-refractivity contribution in [2.45, 2.75) is 23.7 Å². The molecule has 0 radical (unpaired) electrons. The monoisotopic (exact) mass is 468 g/mol. The number of ether oxygens (including phenoxy) is 2. The molecule has 9 heteroatoms. The molecular weight excluding hydrogens is 444 g/mol. The number of aliphatic carboxylic acids is 1. The van der Waals surface area contributed by atoms with E-state index in [2.05, 4.69) is 4.98 Å². The Kier molecular flexibility index (Phi) is 6.24. The summed E-state index contributed by atoms with van der Waals surface area (Å²) in [7, 11) is -0.818. The number of fused-ring (bicyclic) bond motifs is 1.